The summed E-state index contributed by atoms with van der Waals surface area (Å²) in [6, 6.07) is 5.90. The number of amides is 3. The summed E-state index contributed by atoms with van der Waals surface area (Å²) in [6.07, 6.45) is 1.78. The van der Waals surface area contributed by atoms with Crippen molar-refractivity contribution in [3.8, 4) is 0 Å². The lowest BCUT2D eigenvalue weighted by Gasteiger charge is -2.22. The number of carbonyl (C=O) groups excluding carboxylic acids is 3. The number of nitrogens with one attached hydrogen (secondary N) is 3. The zero-order valence-electron chi connectivity index (χ0n) is 13.3. The molecule has 3 N–H and O–H groups in total. The first-order valence-electron chi connectivity index (χ1n) is 8.18. The van der Waals surface area contributed by atoms with Gasteiger partial charge in [0.25, 0.3) is 5.91 Å². The molecule has 3 amide bonds. The molecule has 128 valence electrons. The van der Waals surface area contributed by atoms with Crippen LogP contribution in [0.5, 0.6) is 0 Å². The van der Waals surface area contributed by atoms with E-state index in [-0.39, 0.29) is 24.1 Å². The lowest BCUT2D eigenvalue weighted by molar-refractivity contribution is -0.125. The van der Waals surface area contributed by atoms with Crippen molar-refractivity contribution in [3.05, 3.63) is 29.8 Å². The van der Waals surface area contributed by atoms with Crippen LogP contribution in [0, 0.1) is 5.92 Å². The third-order valence-corrected chi connectivity index (χ3v) is 4.37. The van der Waals surface area contributed by atoms with Gasteiger partial charge >= 0.3 is 0 Å². The highest BCUT2D eigenvalue weighted by Crippen LogP contribution is 2.19. The molecule has 3 rings (SSSR count). The van der Waals surface area contributed by atoms with Crippen molar-refractivity contribution in [2.75, 3.05) is 25.1 Å². The summed E-state index contributed by atoms with van der Waals surface area (Å²) in [5.74, 6) is -0.571. The quantitative estimate of drug-likeness (QED) is 0.755. The molecule has 2 aliphatic rings. The fourth-order valence-electron chi connectivity index (χ4n) is 2.92. The molecule has 0 unspecified atom stereocenters. The average molecular weight is 331 g/mol. The number of para-hydroxylation sites is 1. The number of hydrogen-bond donors (Lipinski definition) is 3. The van der Waals surface area contributed by atoms with Crippen LogP contribution in [0.4, 0.5) is 5.69 Å². The summed E-state index contributed by atoms with van der Waals surface area (Å²) < 4.78 is 5.29. The van der Waals surface area contributed by atoms with Gasteiger partial charge in [-0.25, -0.2) is 0 Å². The second-order valence-corrected chi connectivity index (χ2v) is 6.12. The first-order chi connectivity index (χ1) is 11.6. The van der Waals surface area contributed by atoms with Crippen LogP contribution < -0.4 is 16.0 Å². The third-order valence-electron chi connectivity index (χ3n) is 4.37. The molecule has 7 heteroatoms. The van der Waals surface area contributed by atoms with Gasteiger partial charge in [0.2, 0.25) is 11.8 Å². The Labute approximate surface area is 140 Å². The van der Waals surface area contributed by atoms with Gasteiger partial charge < -0.3 is 20.7 Å². The molecule has 0 spiro atoms. The Morgan fingerprint density at radius 1 is 1.21 bits per heavy atom. The van der Waals surface area contributed by atoms with Gasteiger partial charge in [-0.15, -0.1) is 0 Å². The summed E-state index contributed by atoms with van der Waals surface area (Å²) in [4.78, 5) is 36.6. The van der Waals surface area contributed by atoms with E-state index in [0.717, 1.165) is 26.1 Å². The van der Waals surface area contributed by atoms with Gasteiger partial charge in [0.15, 0.2) is 0 Å². The van der Waals surface area contributed by atoms with Crippen LogP contribution in [-0.2, 0) is 14.3 Å². The predicted molar refractivity (Wildman–Crippen MR) is 87.5 cm³/mol. The Bertz CT molecular complexity index is 640. The molecule has 2 aliphatic heterocycles. The molecule has 1 atom stereocenters. The first-order valence-corrected chi connectivity index (χ1v) is 8.18. The number of fused-ring (bicyclic) bond motifs is 1. The van der Waals surface area contributed by atoms with Gasteiger partial charge in [0.05, 0.1) is 17.7 Å². The minimum absolute atomic E-state index is 0.0746. The molecule has 0 aromatic heterocycles. The van der Waals surface area contributed by atoms with Gasteiger partial charge in [-0.2, -0.15) is 0 Å². The number of ether oxygens (including phenoxy) is 1. The van der Waals surface area contributed by atoms with Gasteiger partial charge in [-0.1, -0.05) is 12.1 Å². The highest BCUT2D eigenvalue weighted by molar-refractivity contribution is 6.10. The average Bonchev–Trinajstić information content (AvgIpc) is 2.71. The molecule has 7 nitrogen and oxygen atoms in total. The van der Waals surface area contributed by atoms with E-state index in [1.807, 2.05) is 0 Å². The molecule has 0 aliphatic carbocycles. The minimum atomic E-state index is -0.875. The summed E-state index contributed by atoms with van der Waals surface area (Å²) in [5, 5.41) is 8.17. The molecule has 2 heterocycles. The van der Waals surface area contributed by atoms with Gasteiger partial charge in [0, 0.05) is 19.8 Å². The number of rotatable bonds is 4. The van der Waals surface area contributed by atoms with Gasteiger partial charge in [-0.3, -0.25) is 14.4 Å². The molecular formula is C17H21N3O4. The van der Waals surface area contributed by atoms with Crippen LogP contribution >= 0.6 is 0 Å². The maximum atomic E-state index is 12.2. The largest absolute Gasteiger partial charge is 0.381 e. The van der Waals surface area contributed by atoms with E-state index in [2.05, 4.69) is 16.0 Å². The van der Waals surface area contributed by atoms with Crippen LogP contribution in [0.15, 0.2) is 24.3 Å². The molecular weight excluding hydrogens is 310 g/mol. The molecule has 1 fully saturated rings. The smallest absolute Gasteiger partial charge is 0.254 e. The van der Waals surface area contributed by atoms with Crippen LogP contribution in [0.3, 0.4) is 0 Å². The Hall–Kier alpha value is -2.41. The summed E-state index contributed by atoms with van der Waals surface area (Å²) >= 11 is 0. The van der Waals surface area contributed by atoms with Crippen LogP contribution in [0.1, 0.15) is 29.6 Å². The molecule has 1 aromatic rings. The van der Waals surface area contributed by atoms with E-state index in [9.17, 15) is 14.4 Å². The summed E-state index contributed by atoms with van der Waals surface area (Å²) in [6.45, 7) is 2.02. The minimum Gasteiger partial charge on any atom is -0.381 e. The van der Waals surface area contributed by atoms with Crippen molar-refractivity contribution in [2.45, 2.75) is 25.3 Å². The first kappa shape index (κ1) is 16.4. The van der Waals surface area contributed by atoms with Crippen LogP contribution in [0.2, 0.25) is 0 Å². The Morgan fingerprint density at radius 2 is 1.96 bits per heavy atom. The molecule has 0 saturated carbocycles. The molecule has 0 radical (unpaired) electrons. The summed E-state index contributed by atoms with van der Waals surface area (Å²) in [7, 11) is 0. The zero-order valence-corrected chi connectivity index (χ0v) is 13.3. The lowest BCUT2D eigenvalue weighted by Crippen LogP contribution is -2.45. The van der Waals surface area contributed by atoms with E-state index in [1.54, 1.807) is 24.3 Å². The van der Waals surface area contributed by atoms with Gasteiger partial charge in [-0.05, 0) is 30.9 Å². The van der Waals surface area contributed by atoms with Crippen molar-refractivity contribution in [1.82, 2.24) is 10.6 Å². The van der Waals surface area contributed by atoms with Gasteiger partial charge in [0.1, 0.15) is 6.04 Å². The van der Waals surface area contributed by atoms with Crippen molar-refractivity contribution in [3.63, 3.8) is 0 Å². The second-order valence-electron chi connectivity index (χ2n) is 6.12. The highest BCUT2D eigenvalue weighted by Gasteiger charge is 2.29. The number of hydrogen-bond acceptors (Lipinski definition) is 4. The van der Waals surface area contributed by atoms with E-state index >= 15 is 0 Å². The maximum Gasteiger partial charge on any atom is 0.254 e. The predicted octanol–water partition coefficient (Wildman–Crippen LogP) is 0.670. The number of anilines is 1. The topological polar surface area (TPSA) is 96.5 Å². The third kappa shape index (κ3) is 3.91. The standard InChI is InChI=1S/C17H21N3O4/c21-15(18-10-11-5-7-24-8-6-11)9-14-17(23)19-13-4-2-1-3-12(13)16(22)20-14/h1-4,11,14H,5-10H2,(H,18,21)(H,19,23)(H,20,22)/t14-/m0/s1. The van der Waals surface area contributed by atoms with Crippen molar-refractivity contribution in [1.29, 1.82) is 0 Å². The SMILES string of the molecule is O=C(C[C@@H]1NC(=O)c2ccccc2NC1=O)NCC1CCOCC1. The van der Waals surface area contributed by atoms with E-state index in [0.29, 0.717) is 23.7 Å². The fourth-order valence-corrected chi connectivity index (χ4v) is 2.92. The van der Waals surface area contributed by atoms with E-state index < -0.39 is 6.04 Å². The van der Waals surface area contributed by atoms with Crippen LogP contribution in [-0.4, -0.2) is 43.5 Å². The number of benzene rings is 1. The molecule has 24 heavy (non-hydrogen) atoms. The Morgan fingerprint density at radius 3 is 2.75 bits per heavy atom. The fraction of sp³-hybridized carbons (Fsp3) is 0.471. The van der Waals surface area contributed by atoms with Crippen LogP contribution in [0.25, 0.3) is 0 Å². The van der Waals surface area contributed by atoms with Crippen molar-refractivity contribution in [2.24, 2.45) is 5.92 Å². The van der Waals surface area contributed by atoms with Crippen molar-refractivity contribution < 1.29 is 19.1 Å². The Kier molecular flexibility index (Phi) is 5.10. The zero-order chi connectivity index (χ0) is 16.9. The van der Waals surface area contributed by atoms with Crippen molar-refractivity contribution >= 4 is 23.4 Å². The maximum absolute atomic E-state index is 12.2. The lowest BCUT2D eigenvalue weighted by atomic mass is 10.0. The van der Waals surface area contributed by atoms with E-state index in [4.69, 9.17) is 4.74 Å². The second kappa shape index (κ2) is 7.44. The molecule has 1 aromatic carbocycles. The number of carbonyl (C=O) groups is 3. The summed E-state index contributed by atoms with van der Waals surface area (Å²) in [5.41, 5.74) is 0.862. The highest BCUT2D eigenvalue weighted by atomic mass is 16.5. The molecule has 0 bridgehead atoms. The van der Waals surface area contributed by atoms with E-state index in [1.165, 1.54) is 0 Å². The normalized spacial score (nSPS) is 21.2. The molecule has 1 saturated heterocycles. The Balaban J connectivity index is 1.56. The monoisotopic (exact) mass is 331 g/mol.